The molecule has 0 radical (unpaired) electrons. The molecule has 0 spiro atoms. The Kier molecular flexibility index (Phi) is 6.01. The summed E-state index contributed by atoms with van der Waals surface area (Å²) in [5.41, 5.74) is 1.01. The zero-order valence-corrected chi connectivity index (χ0v) is 16.8. The van der Waals surface area contributed by atoms with Crippen molar-refractivity contribution in [2.75, 3.05) is 44.1 Å². The molecule has 1 aromatic carbocycles. The summed E-state index contributed by atoms with van der Waals surface area (Å²) >= 11 is 1.45. The van der Waals surface area contributed by atoms with Crippen molar-refractivity contribution in [3.8, 4) is 5.75 Å². The van der Waals surface area contributed by atoms with Crippen LogP contribution in [0.4, 0.5) is 5.95 Å². The molecule has 2 aromatic rings. The van der Waals surface area contributed by atoms with E-state index in [1.165, 1.54) is 11.8 Å². The molecule has 1 aliphatic heterocycles. The van der Waals surface area contributed by atoms with Gasteiger partial charge < -0.3 is 19.7 Å². The highest BCUT2D eigenvalue weighted by Crippen LogP contribution is 2.41. The fourth-order valence-corrected chi connectivity index (χ4v) is 3.99. The number of nitrogens with one attached hydrogen (secondary N) is 1. The summed E-state index contributed by atoms with van der Waals surface area (Å²) in [7, 11) is 1.63. The van der Waals surface area contributed by atoms with Crippen LogP contribution in [0, 0.1) is 0 Å². The van der Waals surface area contributed by atoms with Crippen molar-refractivity contribution in [1.82, 2.24) is 20.1 Å². The van der Waals surface area contributed by atoms with Crippen LogP contribution in [0.1, 0.15) is 24.4 Å². The molecule has 1 aromatic heterocycles. The summed E-state index contributed by atoms with van der Waals surface area (Å²) in [5, 5.41) is 12.5. The van der Waals surface area contributed by atoms with Crippen molar-refractivity contribution >= 4 is 23.6 Å². The molecule has 150 valence electrons. The first-order chi connectivity index (χ1) is 13.7. The molecule has 4 rings (SSSR count). The standard InChI is InChI=1S/C19H25N5O3S/c1-26-16-4-2-3-14(11-16)12-20-17(25)13-28-19-22-21-18(24(19)15-5-6-15)23-7-9-27-10-8-23/h2-4,11,15H,5-10,12-13H2,1H3,(H,20,25). The fraction of sp³-hybridized carbons (Fsp3) is 0.526. The van der Waals surface area contributed by atoms with Gasteiger partial charge in [0.15, 0.2) is 5.16 Å². The van der Waals surface area contributed by atoms with Crippen molar-refractivity contribution in [2.24, 2.45) is 0 Å². The lowest BCUT2D eigenvalue weighted by Crippen LogP contribution is -2.38. The number of ether oxygens (including phenoxy) is 2. The van der Waals surface area contributed by atoms with Crippen molar-refractivity contribution in [3.63, 3.8) is 0 Å². The van der Waals surface area contributed by atoms with Gasteiger partial charge in [-0.1, -0.05) is 23.9 Å². The molecule has 0 unspecified atom stereocenters. The number of hydrogen-bond acceptors (Lipinski definition) is 7. The fourth-order valence-electron chi connectivity index (χ4n) is 3.16. The highest BCUT2D eigenvalue weighted by Gasteiger charge is 2.32. The average molecular weight is 404 g/mol. The van der Waals surface area contributed by atoms with E-state index in [0.29, 0.717) is 31.6 Å². The van der Waals surface area contributed by atoms with Crippen LogP contribution in [-0.4, -0.2) is 59.8 Å². The lowest BCUT2D eigenvalue weighted by Gasteiger charge is -2.27. The monoisotopic (exact) mass is 403 g/mol. The number of methoxy groups -OCH3 is 1. The Balaban J connectivity index is 1.34. The Morgan fingerprint density at radius 3 is 2.89 bits per heavy atom. The predicted octanol–water partition coefficient (Wildman–Crippen LogP) is 1.87. The molecule has 1 N–H and O–H groups in total. The van der Waals surface area contributed by atoms with Crippen LogP contribution in [0.25, 0.3) is 0 Å². The normalized spacial score (nSPS) is 16.8. The number of carbonyl (C=O) groups is 1. The number of hydrogen-bond donors (Lipinski definition) is 1. The minimum absolute atomic E-state index is 0.0221. The summed E-state index contributed by atoms with van der Waals surface area (Å²) in [4.78, 5) is 14.5. The maximum absolute atomic E-state index is 12.3. The number of rotatable bonds is 8. The maximum atomic E-state index is 12.3. The summed E-state index contributed by atoms with van der Waals surface area (Å²) < 4.78 is 12.8. The third kappa shape index (κ3) is 4.59. The second-order valence-corrected chi connectivity index (χ2v) is 7.84. The molecule has 8 nitrogen and oxygen atoms in total. The molecule has 2 fully saturated rings. The second-order valence-electron chi connectivity index (χ2n) is 6.90. The first-order valence-electron chi connectivity index (χ1n) is 9.54. The molecule has 2 aliphatic rings. The molecule has 9 heteroatoms. The Labute approximate surface area is 168 Å². The zero-order valence-electron chi connectivity index (χ0n) is 16.0. The first kappa shape index (κ1) is 19.1. The lowest BCUT2D eigenvalue weighted by atomic mass is 10.2. The number of aromatic nitrogens is 3. The van der Waals surface area contributed by atoms with Gasteiger partial charge in [-0.3, -0.25) is 9.36 Å². The van der Waals surface area contributed by atoms with Gasteiger partial charge in [-0.2, -0.15) is 0 Å². The number of morpholine rings is 1. The number of nitrogens with zero attached hydrogens (tertiary/aromatic N) is 4. The van der Waals surface area contributed by atoms with E-state index < -0.39 is 0 Å². The summed E-state index contributed by atoms with van der Waals surface area (Å²) in [6.45, 7) is 3.57. The van der Waals surface area contributed by atoms with Gasteiger partial charge >= 0.3 is 0 Å². The van der Waals surface area contributed by atoms with E-state index in [9.17, 15) is 4.79 Å². The van der Waals surface area contributed by atoms with E-state index in [0.717, 1.165) is 48.3 Å². The Morgan fingerprint density at radius 1 is 1.32 bits per heavy atom. The summed E-state index contributed by atoms with van der Waals surface area (Å²) in [6.07, 6.45) is 2.29. The number of amides is 1. The number of benzene rings is 1. The van der Waals surface area contributed by atoms with Gasteiger partial charge in [0.1, 0.15) is 5.75 Å². The van der Waals surface area contributed by atoms with Gasteiger partial charge in [-0.05, 0) is 30.5 Å². The molecule has 1 saturated carbocycles. The topological polar surface area (TPSA) is 81.5 Å². The second kappa shape index (κ2) is 8.83. The van der Waals surface area contributed by atoms with Crippen molar-refractivity contribution in [1.29, 1.82) is 0 Å². The highest BCUT2D eigenvalue weighted by molar-refractivity contribution is 7.99. The van der Waals surface area contributed by atoms with E-state index in [1.807, 2.05) is 24.3 Å². The lowest BCUT2D eigenvalue weighted by molar-refractivity contribution is -0.118. The van der Waals surface area contributed by atoms with Crippen LogP contribution < -0.4 is 15.0 Å². The predicted molar refractivity (Wildman–Crippen MR) is 107 cm³/mol. The first-order valence-corrected chi connectivity index (χ1v) is 10.5. The molecule has 0 bridgehead atoms. The number of thioether (sulfide) groups is 1. The van der Waals surface area contributed by atoms with Crippen molar-refractivity contribution in [2.45, 2.75) is 30.6 Å². The van der Waals surface area contributed by atoms with E-state index in [4.69, 9.17) is 9.47 Å². The Morgan fingerprint density at radius 2 is 2.14 bits per heavy atom. The molecule has 1 aliphatic carbocycles. The van der Waals surface area contributed by atoms with Gasteiger partial charge in [0.25, 0.3) is 0 Å². The number of carbonyl (C=O) groups excluding carboxylic acids is 1. The highest BCUT2D eigenvalue weighted by atomic mass is 32.2. The molecule has 2 heterocycles. The smallest absolute Gasteiger partial charge is 0.230 e. The Hall–Kier alpha value is -2.26. The quantitative estimate of drug-likeness (QED) is 0.674. The van der Waals surface area contributed by atoms with Crippen molar-refractivity contribution in [3.05, 3.63) is 29.8 Å². The van der Waals surface area contributed by atoms with E-state index in [2.05, 4.69) is 25.0 Å². The van der Waals surface area contributed by atoms with Gasteiger partial charge in [0, 0.05) is 25.7 Å². The molecule has 1 amide bonds. The van der Waals surface area contributed by atoms with E-state index in [-0.39, 0.29) is 5.91 Å². The summed E-state index contributed by atoms with van der Waals surface area (Å²) in [6, 6.07) is 8.15. The van der Waals surface area contributed by atoms with Gasteiger partial charge in [-0.25, -0.2) is 0 Å². The summed E-state index contributed by atoms with van der Waals surface area (Å²) in [5.74, 6) is 1.99. The number of anilines is 1. The van der Waals surface area contributed by atoms with Crippen LogP contribution >= 0.6 is 11.8 Å². The van der Waals surface area contributed by atoms with E-state index >= 15 is 0 Å². The molecule has 28 heavy (non-hydrogen) atoms. The van der Waals surface area contributed by atoms with E-state index in [1.54, 1.807) is 7.11 Å². The maximum Gasteiger partial charge on any atom is 0.230 e. The zero-order chi connectivity index (χ0) is 19.3. The van der Waals surface area contributed by atoms with Gasteiger partial charge in [0.2, 0.25) is 11.9 Å². The van der Waals surface area contributed by atoms with Crippen LogP contribution in [0.3, 0.4) is 0 Å². The van der Waals surface area contributed by atoms with Crippen LogP contribution in [0.15, 0.2) is 29.4 Å². The van der Waals surface area contributed by atoms with Gasteiger partial charge in [-0.15, -0.1) is 10.2 Å². The molecule has 1 saturated heterocycles. The minimum Gasteiger partial charge on any atom is -0.497 e. The largest absolute Gasteiger partial charge is 0.497 e. The Bertz CT molecular complexity index is 818. The van der Waals surface area contributed by atoms with Crippen LogP contribution in [0.2, 0.25) is 0 Å². The molecule has 0 atom stereocenters. The SMILES string of the molecule is COc1cccc(CNC(=O)CSc2nnc(N3CCOCC3)n2C2CC2)c1. The van der Waals surface area contributed by atoms with Gasteiger partial charge in [0.05, 0.1) is 26.1 Å². The molecular weight excluding hydrogens is 378 g/mol. The molecular formula is C19H25N5O3S. The minimum atomic E-state index is -0.0221. The van der Waals surface area contributed by atoms with Crippen molar-refractivity contribution < 1.29 is 14.3 Å². The third-order valence-corrected chi connectivity index (χ3v) is 5.75. The van der Waals surface area contributed by atoms with Crippen LogP contribution in [-0.2, 0) is 16.1 Å². The average Bonchev–Trinajstić information content (AvgIpc) is 3.50. The van der Waals surface area contributed by atoms with Crippen LogP contribution in [0.5, 0.6) is 5.75 Å². The third-order valence-electron chi connectivity index (χ3n) is 4.81.